The quantitative estimate of drug-likeness (QED) is 0.436. The number of thiazole rings is 1. The van der Waals surface area contributed by atoms with Gasteiger partial charge in [-0.3, -0.25) is 4.79 Å². The molecule has 2 nitrogen and oxygen atoms in total. The zero-order valence-corrected chi connectivity index (χ0v) is 14.4. The largest absolute Gasteiger partial charge is 0.288 e. The standard InChI is InChI=1S/C19H13ClFNOS/c1-12-18(24-19(22-12)13-6-3-2-4-7-13)17(23)11-10-14-15(20)8-5-9-16(14)21/h2-11H,1H3/b11-10+. The molecule has 0 aliphatic heterocycles. The summed E-state index contributed by atoms with van der Waals surface area (Å²) in [6.45, 7) is 1.79. The number of nitrogens with zero attached hydrogens (tertiary/aromatic N) is 1. The SMILES string of the molecule is Cc1nc(-c2ccccc2)sc1C(=O)/C=C/c1c(F)cccc1Cl. The fraction of sp³-hybridized carbons (Fsp3) is 0.0526. The van der Waals surface area contributed by atoms with Gasteiger partial charge in [-0.1, -0.05) is 48.0 Å². The highest BCUT2D eigenvalue weighted by atomic mass is 35.5. The zero-order valence-electron chi connectivity index (χ0n) is 12.8. The molecular weight excluding hydrogens is 345 g/mol. The molecule has 1 heterocycles. The first-order valence-corrected chi connectivity index (χ1v) is 8.45. The van der Waals surface area contributed by atoms with Crippen molar-refractivity contribution in [2.24, 2.45) is 0 Å². The fourth-order valence-electron chi connectivity index (χ4n) is 2.23. The third kappa shape index (κ3) is 3.45. The van der Waals surface area contributed by atoms with Gasteiger partial charge in [0.1, 0.15) is 10.8 Å². The molecule has 120 valence electrons. The molecule has 2 aromatic carbocycles. The average molecular weight is 358 g/mol. The van der Waals surface area contributed by atoms with Gasteiger partial charge in [0.25, 0.3) is 0 Å². The van der Waals surface area contributed by atoms with Crippen LogP contribution in [0.15, 0.2) is 54.6 Å². The lowest BCUT2D eigenvalue weighted by Crippen LogP contribution is -1.93. The Hall–Kier alpha value is -2.30. The van der Waals surface area contributed by atoms with Gasteiger partial charge in [0.15, 0.2) is 5.78 Å². The maximum absolute atomic E-state index is 13.8. The van der Waals surface area contributed by atoms with Crippen molar-refractivity contribution < 1.29 is 9.18 Å². The molecule has 0 amide bonds. The van der Waals surface area contributed by atoms with Crippen LogP contribution in [0.2, 0.25) is 5.02 Å². The van der Waals surface area contributed by atoms with Crippen molar-refractivity contribution in [3.8, 4) is 10.6 Å². The van der Waals surface area contributed by atoms with Crippen LogP contribution in [0, 0.1) is 12.7 Å². The number of halogens is 2. The molecule has 0 spiro atoms. The second kappa shape index (κ2) is 7.07. The lowest BCUT2D eigenvalue weighted by atomic mass is 10.1. The Labute approximate surface area is 148 Å². The topological polar surface area (TPSA) is 30.0 Å². The Morgan fingerprint density at radius 1 is 1.17 bits per heavy atom. The lowest BCUT2D eigenvalue weighted by molar-refractivity contribution is 0.105. The number of aromatic nitrogens is 1. The predicted molar refractivity (Wildman–Crippen MR) is 97.1 cm³/mol. The number of carbonyl (C=O) groups excluding carboxylic acids is 1. The lowest BCUT2D eigenvalue weighted by Gasteiger charge is -1.99. The van der Waals surface area contributed by atoms with Crippen LogP contribution >= 0.6 is 22.9 Å². The number of hydrogen-bond donors (Lipinski definition) is 0. The minimum absolute atomic E-state index is 0.206. The van der Waals surface area contributed by atoms with Gasteiger partial charge in [0.2, 0.25) is 0 Å². The number of allylic oxidation sites excluding steroid dienone is 1. The van der Waals surface area contributed by atoms with Crippen molar-refractivity contribution in [3.05, 3.63) is 81.6 Å². The number of ketones is 1. The minimum atomic E-state index is -0.461. The van der Waals surface area contributed by atoms with E-state index >= 15 is 0 Å². The van der Waals surface area contributed by atoms with Crippen molar-refractivity contribution in [3.63, 3.8) is 0 Å². The molecule has 0 aliphatic carbocycles. The van der Waals surface area contributed by atoms with E-state index in [9.17, 15) is 9.18 Å². The molecule has 1 aromatic heterocycles. The molecule has 0 aliphatic rings. The molecule has 0 radical (unpaired) electrons. The first-order valence-electron chi connectivity index (χ1n) is 7.25. The molecule has 3 rings (SSSR count). The van der Waals surface area contributed by atoms with E-state index in [2.05, 4.69) is 4.98 Å². The molecule has 5 heteroatoms. The molecule has 0 unspecified atom stereocenters. The molecule has 0 saturated heterocycles. The number of carbonyl (C=O) groups is 1. The van der Waals surface area contributed by atoms with Crippen LogP contribution in [0.1, 0.15) is 20.9 Å². The summed E-state index contributed by atoms with van der Waals surface area (Å²) in [6, 6.07) is 14.1. The van der Waals surface area contributed by atoms with Gasteiger partial charge in [-0.25, -0.2) is 9.37 Å². The Balaban J connectivity index is 1.89. The maximum Gasteiger partial charge on any atom is 0.197 e. The Kier molecular flexibility index (Phi) is 4.88. The summed E-state index contributed by atoms with van der Waals surface area (Å²) in [5.41, 5.74) is 1.83. The number of hydrogen-bond acceptors (Lipinski definition) is 3. The van der Waals surface area contributed by atoms with Crippen molar-refractivity contribution in [1.29, 1.82) is 0 Å². The third-order valence-corrected chi connectivity index (χ3v) is 4.99. The van der Waals surface area contributed by atoms with E-state index in [1.807, 2.05) is 30.3 Å². The van der Waals surface area contributed by atoms with E-state index in [1.54, 1.807) is 13.0 Å². The summed E-state index contributed by atoms with van der Waals surface area (Å²) >= 11 is 7.29. The summed E-state index contributed by atoms with van der Waals surface area (Å²) < 4.78 is 13.8. The zero-order chi connectivity index (χ0) is 17.1. The summed E-state index contributed by atoms with van der Waals surface area (Å²) in [4.78, 5) is 17.4. The summed E-state index contributed by atoms with van der Waals surface area (Å²) in [5, 5.41) is 1.05. The first kappa shape index (κ1) is 16.6. The minimum Gasteiger partial charge on any atom is -0.288 e. The van der Waals surface area contributed by atoms with Crippen LogP contribution in [-0.2, 0) is 0 Å². The molecule has 0 atom stereocenters. The average Bonchev–Trinajstić information content (AvgIpc) is 2.97. The monoisotopic (exact) mass is 357 g/mol. The third-order valence-electron chi connectivity index (χ3n) is 3.44. The Morgan fingerprint density at radius 3 is 2.62 bits per heavy atom. The van der Waals surface area contributed by atoms with E-state index in [0.717, 1.165) is 10.6 Å². The van der Waals surface area contributed by atoms with Crippen LogP contribution < -0.4 is 0 Å². The molecule has 0 bridgehead atoms. The van der Waals surface area contributed by atoms with Gasteiger partial charge >= 0.3 is 0 Å². The second-order valence-electron chi connectivity index (χ2n) is 5.13. The van der Waals surface area contributed by atoms with Crippen LogP contribution in [0.3, 0.4) is 0 Å². The smallest absolute Gasteiger partial charge is 0.197 e. The van der Waals surface area contributed by atoms with E-state index in [-0.39, 0.29) is 16.4 Å². The van der Waals surface area contributed by atoms with Crippen LogP contribution in [0.25, 0.3) is 16.6 Å². The van der Waals surface area contributed by atoms with Gasteiger partial charge < -0.3 is 0 Å². The first-order chi connectivity index (χ1) is 11.6. The van der Waals surface area contributed by atoms with Gasteiger partial charge in [0, 0.05) is 11.1 Å². The Bertz CT molecular complexity index is 898. The molecule has 0 N–H and O–H groups in total. The summed E-state index contributed by atoms with van der Waals surface area (Å²) in [6.07, 6.45) is 2.74. The van der Waals surface area contributed by atoms with Crippen molar-refractivity contribution >= 4 is 34.8 Å². The molecule has 0 saturated carbocycles. The van der Waals surface area contributed by atoms with Crippen LogP contribution in [-0.4, -0.2) is 10.8 Å². The van der Waals surface area contributed by atoms with Gasteiger partial charge in [-0.15, -0.1) is 11.3 Å². The van der Waals surface area contributed by atoms with Crippen LogP contribution in [0.5, 0.6) is 0 Å². The fourth-order valence-corrected chi connectivity index (χ4v) is 3.45. The maximum atomic E-state index is 13.8. The summed E-state index contributed by atoms with van der Waals surface area (Å²) in [7, 11) is 0. The summed E-state index contributed by atoms with van der Waals surface area (Å²) in [5.74, 6) is -0.677. The normalized spacial score (nSPS) is 11.1. The van der Waals surface area contributed by atoms with Crippen molar-refractivity contribution in [2.75, 3.05) is 0 Å². The van der Waals surface area contributed by atoms with Crippen LogP contribution in [0.4, 0.5) is 4.39 Å². The Morgan fingerprint density at radius 2 is 1.92 bits per heavy atom. The predicted octanol–water partition coefficient (Wildman–Crippen LogP) is 5.81. The molecule has 3 aromatic rings. The highest BCUT2D eigenvalue weighted by Crippen LogP contribution is 2.28. The van der Waals surface area contributed by atoms with Gasteiger partial charge in [-0.05, 0) is 31.2 Å². The highest BCUT2D eigenvalue weighted by molar-refractivity contribution is 7.17. The highest BCUT2D eigenvalue weighted by Gasteiger charge is 2.14. The number of rotatable bonds is 4. The molecule has 24 heavy (non-hydrogen) atoms. The molecule has 0 fully saturated rings. The number of benzene rings is 2. The molecular formula is C19H13ClFNOS. The number of aryl methyl sites for hydroxylation is 1. The van der Waals surface area contributed by atoms with Gasteiger partial charge in [0.05, 0.1) is 15.6 Å². The van der Waals surface area contributed by atoms with Crippen molar-refractivity contribution in [2.45, 2.75) is 6.92 Å². The van der Waals surface area contributed by atoms with E-state index in [0.29, 0.717) is 10.6 Å². The van der Waals surface area contributed by atoms with Crippen molar-refractivity contribution in [1.82, 2.24) is 4.98 Å². The van der Waals surface area contributed by atoms with E-state index < -0.39 is 5.82 Å². The van der Waals surface area contributed by atoms with E-state index in [1.165, 1.54) is 35.6 Å². The van der Waals surface area contributed by atoms with E-state index in [4.69, 9.17) is 11.6 Å². The van der Waals surface area contributed by atoms with Gasteiger partial charge in [-0.2, -0.15) is 0 Å². The second-order valence-corrected chi connectivity index (χ2v) is 6.54.